The molecule has 0 radical (unpaired) electrons. The normalized spacial score (nSPS) is 21.6. The van der Waals surface area contributed by atoms with Gasteiger partial charge in [0.15, 0.2) is 6.61 Å². The van der Waals surface area contributed by atoms with Gasteiger partial charge in [0.1, 0.15) is 11.4 Å². The van der Waals surface area contributed by atoms with Crippen LogP contribution in [0.5, 0.6) is 5.75 Å². The molecule has 0 spiro atoms. The Kier molecular flexibility index (Phi) is 6.27. The third-order valence-electron chi connectivity index (χ3n) is 6.81. The van der Waals surface area contributed by atoms with Crippen LogP contribution in [0.25, 0.3) is 5.57 Å². The average Bonchev–Trinajstić information content (AvgIpc) is 3.31. The zero-order valence-corrected chi connectivity index (χ0v) is 23.0. The summed E-state index contributed by atoms with van der Waals surface area (Å²) in [6, 6.07) is 19.4. The number of carbonyl (C=O) groups is 1. The summed E-state index contributed by atoms with van der Waals surface area (Å²) in [5, 5.41) is 2.40. The van der Waals surface area contributed by atoms with Crippen molar-refractivity contribution in [3.63, 3.8) is 0 Å². The zero-order valence-electron chi connectivity index (χ0n) is 19.9. The first-order chi connectivity index (χ1) is 16.3. The Morgan fingerprint density at radius 2 is 1.79 bits per heavy atom. The standard InChI is InChI=1S/C29H29IO3S/c1-18-14-22(34-17-20(3)23-9-5-6-11-25(23)34)15-19(2)28(18)32-16-26(31)33-29(4)13-12-21-8-7-10-24(30)27(21)29/h5-11,14-15,17,34H,12-13,16H2,1-4H3. The van der Waals surface area contributed by atoms with E-state index in [0.29, 0.717) is 0 Å². The fraction of sp³-hybridized carbons (Fsp3) is 0.276. The van der Waals surface area contributed by atoms with E-state index in [1.807, 2.05) is 6.92 Å². The SMILES string of the molecule is CC1=C[SH](c2cc(C)c(OCC(=O)OC3(C)CCc4cccc(I)c43)c(C)c2)c2ccccc21. The number of ether oxygens (including phenoxy) is 2. The van der Waals surface area contributed by atoms with E-state index >= 15 is 0 Å². The molecule has 3 aromatic rings. The van der Waals surface area contributed by atoms with Crippen LogP contribution in [0.3, 0.4) is 0 Å². The monoisotopic (exact) mass is 584 g/mol. The highest BCUT2D eigenvalue weighted by molar-refractivity contribution is 14.1. The van der Waals surface area contributed by atoms with Crippen molar-refractivity contribution in [2.45, 2.75) is 55.9 Å². The van der Waals surface area contributed by atoms with Crippen LogP contribution in [0.4, 0.5) is 0 Å². The summed E-state index contributed by atoms with van der Waals surface area (Å²) in [7, 11) is -0.516. The second kappa shape index (κ2) is 9.08. The fourth-order valence-corrected chi connectivity index (χ4v) is 8.88. The van der Waals surface area contributed by atoms with Crippen LogP contribution < -0.4 is 4.74 Å². The van der Waals surface area contributed by atoms with E-state index in [-0.39, 0.29) is 12.6 Å². The fourth-order valence-electron chi connectivity index (χ4n) is 5.24. The number of fused-ring (bicyclic) bond motifs is 2. The molecule has 0 fully saturated rings. The van der Waals surface area contributed by atoms with Crippen molar-refractivity contribution < 1.29 is 14.3 Å². The van der Waals surface area contributed by atoms with Crippen LogP contribution in [0.2, 0.25) is 0 Å². The van der Waals surface area contributed by atoms with Gasteiger partial charge in [0.05, 0.1) is 0 Å². The van der Waals surface area contributed by atoms with Gasteiger partial charge in [0.2, 0.25) is 0 Å². The van der Waals surface area contributed by atoms with Crippen molar-refractivity contribution in [2.75, 3.05) is 6.61 Å². The molecule has 0 saturated carbocycles. The Bertz CT molecular complexity index is 1310. The van der Waals surface area contributed by atoms with Gasteiger partial charge in [0.25, 0.3) is 0 Å². The van der Waals surface area contributed by atoms with Crippen LogP contribution in [-0.2, 0) is 21.6 Å². The minimum Gasteiger partial charge on any atom is -0.481 e. The number of thiol groups is 1. The van der Waals surface area contributed by atoms with Crippen molar-refractivity contribution in [1.82, 2.24) is 0 Å². The molecule has 1 heterocycles. The molecule has 1 aliphatic heterocycles. The maximum absolute atomic E-state index is 12.8. The van der Waals surface area contributed by atoms with Crippen molar-refractivity contribution in [1.29, 1.82) is 0 Å². The molecule has 3 nitrogen and oxygen atoms in total. The smallest absolute Gasteiger partial charge is 0.345 e. The maximum Gasteiger partial charge on any atom is 0.345 e. The van der Waals surface area contributed by atoms with E-state index in [1.54, 1.807) is 0 Å². The lowest BCUT2D eigenvalue weighted by atomic mass is 9.98. The summed E-state index contributed by atoms with van der Waals surface area (Å²) in [6.45, 7) is 8.23. The lowest BCUT2D eigenvalue weighted by Gasteiger charge is -2.27. The van der Waals surface area contributed by atoms with E-state index in [0.717, 1.165) is 38.9 Å². The molecule has 0 amide bonds. The molecule has 5 heteroatoms. The molecule has 5 rings (SSSR count). The van der Waals surface area contributed by atoms with E-state index < -0.39 is 16.5 Å². The number of esters is 1. The maximum atomic E-state index is 12.8. The summed E-state index contributed by atoms with van der Waals surface area (Å²) in [5.41, 5.74) is 6.61. The molecule has 0 aromatic heterocycles. The Hall–Kier alpha value is -2.25. The lowest BCUT2D eigenvalue weighted by molar-refractivity contribution is -0.161. The van der Waals surface area contributed by atoms with E-state index in [9.17, 15) is 4.79 Å². The minimum atomic E-state index is -0.593. The molecule has 34 heavy (non-hydrogen) atoms. The first-order valence-electron chi connectivity index (χ1n) is 11.6. The highest BCUT2D eigenvalue weighted by atomic mass is 127. The summed E-state index contributed by atoms with van der Waals surface area (Å²) in [4.78, 5) is 15.5. The van der Waals surface area contributed by atoms with Crippen LogP contribution >= 0.6 is 33.5 Å². The van der Waals surface area contributed by atoms with Gasteiger partial charge >= 0.3 is 5.97 Å². The Balaban J connectivity index is 1.31. The summed E-state index contributed by atoms with van der Waals surface area (Å²) in [6.07, 6.45) is 1.73. The lowest BCUT2D eigenvalue weighted by Crippen LogP contribution is -2.30. The average molecular weight is 585 g/mol. The highest BCUT2D eigenvalue weighted by Crippen LogP contribution is 2.55. The van der Waals surface area contributed by atoms with Gasteiger partial charge in [-0.1, -0.05) is 30.3 Å². The minimum absolute atomic E-state index is 0.0913. The summed E-state index contributed by atoms with van der Waals surface area (Å²) < 4.78 is 13.2. The molecule has 176 valence electrons. The van der Waals surface area contributed by atoms with Gasteiger partial charge in [-0.2, -0.15) is 10.9 Å². The van der Waals surface area contributed by atoms with Crippen molar-refractivity contribution in [3.8, 4) is 5.75 Å². The van der Waals surface area contributed by atoms with Crippen LogP contribution in [0.15, 0.2) is 69.8 Å². The van der Waals surface area contributed by atoms with E-state index in [1.165, 1.54) is 26.5 Å². The van der Waals surface area contributed by atoms with Crippen LogP contribution in [0.1, 0.15) is 48.1 Å². The number of hydrogen-bond donors (Lipinski definition) is 1. The topological polar surface area (TPSA) is 35.5 Å². The largest absolute Gasteiger partial charge is 0.481 e. The van der Waals surface area contributed by atoms with Gasteiger partial charge in [-0.3, -0.25) is 0 Å². The number of aryl methyl sites for hydroxylation is 3. The zero-order chi connectivity index (χ0) is 24.0. The van der Waals surface area contributed by atoms with E-state index in [2.05, 4.69) is 103 Å². The quantitative estimate of drug-likeness (QED) is 0.192. The van der Waals surface area contributed by atoms with Crippen LogP contribution in [0, 0.1) is 17.4 Å². The Labute approximate surface area is 218 Å². The van der Waals surface area contributed by atoms with E-state index in [4.69, 9.17) is 9.47 Å². The number of halogens is 1. The molecule has 0 N–H and O–H groups in total. The van der Waals surface area contributed by atoms with Crippen molar-refractivity contribution in [2.24, 2.45) is 0 Å². The first-order valence-corrected chi connectivity index (χ1v) is 14.1. The molecule has 1 aliphatic carbocycles. The highest BCUT2D eigenvalue weighted by Gasteiger charge is 2.39. The molecular weight excluding hydrogens is 555 g/mol. The van der Waals surface area contributed by atoms with Gasteiger partial charge < -0.3 is 9.47 Å². The van der Waals surface area contributed by atoms with Gasteiger partial charge in [-0.25, -0.2) is 4.79 Å². The predicted molar refractivity (Wildman–Crippen MR) is 148 cm³/mol. The van der Waals surface area contributed by atoms with Gasteiger partial charge in [-0.05, 0) is 126 Å². The second-order valence-electron chi connectivity index (χ2n) is 9.38. The second-order valence-corrected chi connectivity index (χ2v) is 12.5. The summed E-state index contributed by atoms with van der Waals surface area (Å²) in [5.74, 6) is 0.445. The molecule has 3 aromatic carbocycles. The van der Waals surface area contributed by atoms with Crippen LogP contribution in [-0.4, -0.2) is 12.6 Å². The molecule has 2 unspecified atom stereocenters. The third kappa shape index (κ3) is 4.17. The molecule has 0 bridgehead atoms. The van der Waals surface area contributed by atoms with Crippen molar-refractivity contribution >= 4 is 45.0 Å². The predicted octanol–water partition coefficient (Wildman–Crippen LogP) is 7.49. The van der Waals surface area contributed by atoms with Crippen molar-refractivity contribution in [3.05, 3.63) is 91.4 Å². The van der Waals surface area contributed by atoms with Gasteiger partial charge in [-0.15, -0.1) is 0 Å². The molecule has 2 aliphatic rings. The Morgan fingerprint density at radius 1 is 1.06 bits per heavy atom. The molecule has 2 atom stereocenters. The number of carbonyl (C=O) groups excluding carboxylic acids is 1. The first kappa shape index (κ1) is 23.5. The van der Waals surface area contributed by atoms with Gasteiger partial charge in [0, 0.05) is 14.0 Å². The summed E-state index contributed by atoms with van der Waals surface area (Å²) >= 11 is 2.33. The number of hydrogen-bond acceptors (Lipinski definition) is 3. The molecular formula is C29H29IO3S. The molecule has 0 saturated heterocycles. The number of rotatable bonds is 5. The third-order valence-corrected chi connectivity index (χ3v) is 10.1. The number of benzene rings is 3. The Morgan fingerprint density at radius 3 is 2.56 bits per heavy atom. The number of allylic oxidation sites excluding steroid dienone is 1.